The van der Waals surface area contributed by atoms with E-state index in [0.29, 0.717) is 6.04 Å². The molecule has 0 aromatic heterocycles. The number of hydrogen-bond acceptors (Lipinski definition) is 3. The largest absolute Gasteiger partial charge is 0.491 e. The van der Waals surface area contributed by atoms with Gasteiger partial charge in [0, 0.05) is 5.56 Å². The molecule has 1 aromatic rings. The van der Waals surface area contributed by atoms with Crippen LogP contribution in [0.15, 0.2) is 24.3 Å². The number of ether oxygens (including phenoxy) is 1. The van der Waals surface area contributed by atoms with E-state index in [2.05, 4.69) is 23.7 Å². The van der Waals surface area contributed by atoms with Crippen LogP contribution in [-0.4, -0.2) is 25.2 Å². The SMILES string of the molecule is CSCCCNC1COc2ccccc21. The van der Waals surface area contributed by atoms with E-state index in [1.54, 1.807) is 0 Å². The van der Waals surface area contributed by atoms with Gasteiger partial charge in [-0.25, -0.2) is 0 Å². The first-order valence-electron chi connectivity index (χ1n) is 5.36. The maximum atomic E-state index is 5.60. The Hall–Kier alpha value is -0.670. The number of para-hydroxylation sites is 1. The van der Waals surface area contributed by atoms with Crippen molar-refractivity contribution in [3.8, 4) is 5.75 Å². The van der Waals surface area contributed by atoms with Gasteiger partial charge >= 0.3 is 0 Å². The minimum absolute atomic E-state index is 0.392. The van der Waals surface area contributed by atoms with Crippen molar-refractivity contribution >= 4 is 11.8 Å². The quantitative estimate of drug-likeness (QED) is 0.775. The molecule has 1 aliphatic rings. The van der Waals surface area contributed by atoms with Crippen LogP contribution in [0.3, 0.4) is 0 Å². The number of benzene rings is 1. The van der Waals surface area contributed by atoms with Crippen molar-refractivity contribution in [3.63, 3.8) is 0 Å². The fraction of sp³-hybridized carbons (Fsp3) is 0.500. The van der Waals surface area contributed by atoms with Gasteiger partial charge in [-0.3, -0.25) is 0 Å². The van der Waals surface area contributed by atoms with E-state index in [1.807, 2.05) is 23.9 Å². The minimum Gasteiger partial charge on any atom is -0.491 e. The summed E-state index contributed by atoms with van der Waals surface area (Å²) in [5.74, 6) is 2.27. The predicted molar refractivity (Wildman–Crippen MR) is 65.7 cm³/mol. The summed E-state index contributed by atoms with van der Waals surface area (Å²) >= 11 is 1.90. The lowest BCUT2D eigenvalue weighted by molar-refractivity contribution is 0.311. The highest BCUT2D eigenvalue weighted by Gasteiger charge is 2.22. The summed E-state index contributed by atoms with van der Waals surface area (Å²) in [6.45, 7) is 1.85. The van der Waals surface area contributed by atoms with Crippen molar-refractivity contribution in [1.82, 2.24) is 5.32 Å². The molecule has 0 bridgehead atoms. The van der Waals surface area contributed by atoms with Gasteiger partial charge in [-0.15, -0.1) is 0 Å². The molecule has 0 saturated heterocycles. The highest BCUT2D eigenvalue weighted by Crippen LogP contribution is 2.31. The summed E-state index contributed by atoms with van der Waals surface area (Å²) in [6, 6.07) is 8.68. The third kappa shape index (κ3) is 2.67. The van der Waals surface area contributed by atoms with E-state index < -0.39 is 0 Å². The van der Waals surface area contributed by atoms with Crippen LogP contribution in [0.1, 0.15) is 18.0 Å². The third-order valence-electron chi connectivity index (χ3n) is 2.62. The zero-order valence-corrected chi connectivity index (χ0v) is 9.85. The highest BCUT2D eigenvalue weighted by atomic mass is 32.2. The number of rotatable bonds is 5. The normalized spacial score (nSPS) is 18.6. The van der Waals surface area contributed by atoms with Crippen molar-refractivity contribution in [3.05, 3.63) is 29.8 Å². The fourth-order valence-electron chi connectivity index (χ4n) is 1.82. The van der Waals surface area contributed by atoms with Gasteiger partial charge in [0.1, 0.15) is 12.4 Å². The Morgan fingerprint density at radius 1 is 1.47 bits per heavy atom. The van der Waals surface area contributed by atoms with Crippen molar-refractivity contribution in [2.24, 2.45) is 0 Å². The Bertz CT molecular complexity index is 316. The van der Waals surface area contributed by atoms with Gasteiger partial charge in [0.25, 0.3) is 0 Å². The molecule has 2 nitrogen and oxygen atoms in total. The molecule has 0 fully saturated rings. The maximum Gasteiger partial charge on any atom is 0.124 e. The summed E-state index contributed by atoms with van der Waals surface area (Å²) in [5, 5.41) is 3.53. The van der Waals surface area contributed by atoms with Crippen molar-refractivity contribution in [2.75, 3.05) is 25.2 Å². The molecule has 0 aliphatic carbocycles. The lowest BCUT2D eigenvalue weighted by Gasteiger charge is -2.10. The van der Waals surface area contributed by atoms with E-state index in [-0.39, 0.29) is 0 Å². The molecule has 1 heterocycles. The van der Waals surface area contributed by atoms with Gasteiger partial charge < -0.3 is 10.1 Å². The van der Waals surface area contributed by atoms with E-state index >= 15 is 0 Å². The van der Waals surface area contributed by atoms with Crippen LogP contribution in [0.2, 0.25) is 0 Å². The van der Waals surface area contributed by atoms with Gasteiger partial charge in [-0.2, -0.15) is 11.8 Å². The van der Waals surface area contributed by atoms with Crippen LogP contribution < -0.4 is 10.1 Å². The zero-order chi connectivity index (χ0) is 10.5. The van der Waals surface area contributed by atoms with Gasteiger partial charge in [-0.05, 0) is 31.0 Å². The van der Waals surface area contributed by atoms with Crippen molar-refractivity contribution in [1.29, 1.82) is 0 Å². The predicted octanol–water partition coefficient (Wildman–Crippen LogP) is 2.46. The van der Waals surface area contributed by atoms with E-state index in [4.69, 9.17) is 4.74 Å². The summed E-state index contributed by atoms with van der Waals surface area (Å²) in [4.78, 5) is 0. The van der Waals surface area contributed by atoms with Crippen LogP contribution in [0.4, 0.5) is 0 Å². The average Bonchev–Trinajstić information content (AvgIpc) is 2.68. The fourth-order valence-corrected chi connectivity index (χ4v) is 2.26. The van der Waals surface area contributed by atoms with Gasteiger partial charge in [0.2, 0.25) is 0 Å². The molecule has 1 unspecified atom stereocenters. The summed E-state index contributed by atoms with van der Waals surface area (Å²) < 4.78 is 5.60. The first-order valence-corrected chi connectivity index (χ1v) is 6.75. The number of thioether (sulfide) groups is 1. The number of nitrogens with one attached hydrogen (secondary N) is 1. The Balaban J connectivity index is 1.85. The summed E-state index contributed by atoms with van der Waals surface area (Å²) in [7, 11) is 0. The van der Waals surface area contributed by atoms with E-state index in [9.17, 15) is 0 Å². The van der Waals surface area contributed by atoms with Crippen molar-refractivity contribution < 1.29 is 4.74 Å². The van der Waals surface area contributed by atoms with E-state index in [1.165, 1.54) is 17.7 Å². The number of hydrogen-bond donors (Lipinski definition) is 1. The average molecular weight is 223 g/mol. The first kappa shape index (κ1) is 10.8. The third-order valence-corrected chi connectivity index (χ3v) is 3.31. The molecule has 82 valence electrons. The van der Waals surface area contributed by atoms with Crippen LogP contribution >= 0.6 is 11.8 Å². The van der Waals surface area contributed by atoms with Crippen LogP contribution in [0.5, 0.6) is 5.75 Å². The van der Waals surface area contributed by atoms with E-state index in [0.717, 1.165) is 18.9 Å². The number of fused-ring (bicyclic) bond motifs is 1. The molecule has 1 aliphatic heterocycles. The molecule has 0 radical (unpaired) electrons. The Morgan fingerprint density at radius 2 is 2.33 bits per heavy atom. The molecule has 3 heteroatoms. The Morgan fingerprint density at radius 3 is 3.20 bits per heavy atom. The Labute approximate surface area is 95.4 Å². The second-order valence-electron chi connectivity index (χ2n) is 3.70. The molecular formula is C12H17NOS. The summed E-state index contributed by atoms with van der Waals surface area (Å²) in [6.07, 6.45) is 3.37. The maximum absolute atomic E-state index is 5.60. The molecule has 1 N–H and O–H groups in total. The van der Waals surface area contributed by atoms with Crippen LogP contribution in [-0.2, 0) is 0 Å². The minimum atomic E-state index is 0.392. The molecular weight excluding hydrogens is 206 g/mol. The molecule has 0 saturated carbocycles. The standard InChI is InChI=1S/C12H17NOS/c1-15-8-4-7-13-11-9-14-12-6-3-2-5-10(11)12/h2-3,5-6,11,13H,4,7-9H2,1H3. The smallest absolute Gasteiger partial charge is 0.124 e. The van der Waals surface area contributed by atoms with Gasteiger partial charge in [0.05, 0.1) is 6.04 Å². The van der Waals surface area contributed by atoms with Gasteiger partial charge in [-0.1, -0.05) is 18.2 Å². The lowest BCUT2D eigenvalue weighted by atomic mass is 10.1. The van der Waals surface area contributed by atoms with Crippen molar-refractivity contribution in [2.45, 2.75) is 12.5 Å². The second kappa shape index (κ2) is 5.42. The molecule has 1 atom stereocenters. The molecule has 0 amide bonds. The molecule has 15 heavy (non-hydrogen) atoms. The first-order chi connectivity index (χ1) is 7.42. The zero-order valence-electron chi connectivity index (χ0n) is 9.03. The van der Waals surface area contributed by atoms with Crippen LogP contribution in [0.25, 0.3) is 0 Å². The molecule has 1 aromatic carbocycles. The molecule has 0 spiro atoms. The second-order valence-corrected chi connectivity index (χ2v) is 4.69. The molecule has 2 rings (SSSR count). The van der Waals surface area contributed by atoms with Crippen LogP contribution in [0, 0.1) is 0 Å². The highest BCUT2D eigenvalue weighted by molar-refractivity contribution is 7.98. The Kier molecular flexibility index (Phi) is 3.92. The monoisotopic (exact) mass is 223 g/mol. The summed E-state index contributed by atoms with van der Waals surface area (Å²) in [5.41, 5.74) is 1.31. The lowest BCUT2D eigenvalue weighted by Crippen LogP contribution is -2.23. The topological polar surface area (TPSA) is 21.3 Å². The van der Waals surface area contributed by atoms with Gasteiger partial charge in [0.15, 0.2) is 0 Å².